The molecule has 0 radical (unpaired) electrons. The van der Waals surface area contributed by atoms with E-state index in [9.17, 15) is 4.39 Å². The Morgan fingerprint density at radius 2 is 2.50 bits per heavy atom. The number of hydrazine groups is 1. The highest BCUT2D eigenvalue weighted by Gasteiger charge is 2.18. The van der Waals surface area contributed by atoms with Crippen molar-refractivity contribution in [2.75, 3.05) is 19.8 Å². The van der Waals surface area contributed by atoms with Gasteiger partial charge in [0.15, 0.2) is 0 Å². The Morgan fingerprint density at radius 1 is 1.75 bits per heavy atom. The van der Waals surface area contributed by atoms with Crippen LogP contribution in [0.2, 0.25) is 0 Å². The van der Waals surface area contributed by atoms with Crippen molar-refractivity contribution in [2.24, 2.45) is 11.8 Å². The van der Waals surface area contributed by atoms with Crippen LogP contribution in [0.25, 0.3) is 0 Å². The summed E-state index contributed by atoms with van der Waals surface area (Å²) in [6.45, 7) is 1.37. The number of hydrogen-bond acceptors (Lipinski definition) is 2. The summed E-state index contributed by atoms with van der Waals surface area (Å²) in [5.74, 6) is 5.58. The maximum absolute atomic E-state index is 11.8. The summed E-state index contributed by atoms with van der Waals surface area (Å²) in [5.41, 5.74) is 0. The Balaban J connectivity index is 2.22. The second-order valence-electron chi connectivity index (χ2n) is 2.30. The van der Waals surface area contributed by atoms with Gasteiger partial charge in [0.2, 0.25) is 0 Å². The van der Waals surface area contributed by atoms with E-state index in [-0.39, 0.29) is 12.6 Å². The first-order valence-electron chi connectivity index (χ1n) is 2.88. The van der Waals surface area contributed by atoms with Crippen LogP contribution in [0, 0.1) is 5.92 Å². The average Bonchev–Trinajstić information content (AvgIpc) is 2.14. The molecule has 0 aromatic heterocycles. The predicted molar refractivity (Wildman–Crippen MR) is 29.8 cm³/mol. The molecule has 1 aliphatic heterocycles. The molecule has 1 unspecified atom stereocenters. The van der Waals surface area contributed by atoms with Crippen LogP contribution in [0.3, 0.4) is 0 Å². The van der Waals surface area contributed by atoms with Gasteiger partial charge < -0.3 is 0 Å². The molecule has 48 valence electrons. The fourth-order valence-corrected chi connectivity index (χ4v) is 0.989. The van der Waals surface area contributed by atoms with E-state index in [1.54, 1.807) is 5.01 Å². The van der Waals surface area contributed by atoms with Crippen molar-refractivity contribution in [3.8, 4) is 0 Å². The first-order valence-corrected chi connectivity index (χ1v) is 2.88. The molecular weight excluding hydrogens is 107 g/mol. The molecule has 2 nitrogen and oxygen atoms in total. The molecule has 0 bridgehead atoms. The van der Waals surface area contributed by atoms with Gasteiger partial charge in [-0.05, 0) is 6.42 Å². The molecule has 1 heterocycles. The minimum atomic E-state index is -0.215. The Labute approximate surface area is 48.4 Å². The lowest BCUT2D eigenvalue weighted by atomic mass is 10.1. The van der Waals surface area contributed by atoms with Crippen LogP contribution < -0.4 is 5.84 Å². The highest BCUT2D eigenvalue weighted by atomic mass is 19.1. The van der Waals surface area contributed by atoms with E-state index in [2.05, 4.69) is 0 Å². The molecule has 0 amide bonds. The summed E-state index contributed by atoms with van der Waals surface area (Å²) < 4.78 is 11.8. The largest absolute Gasteiger partial charge is 0.269 e. The molecule has 1 aliphatic rings. The second-order valence-corrected chi connectivity index (χ2v) is 2.30. The van der Waals surface area contributed by atoms with E-state index in [4.69, 9.17) is 5.84 Å². The molecule has 0 aromatic rings. The van der Waals surface area contributed by atoms with Crippen molar-refractivity contribution in [3.63, 3.8) is 0 Å². The van der Waals surface area contributed by atoms with Gasteiger partial charge in [-0.1, -0.05) is 0 Å². The molecular formula is C5H11FN2. The van der Waals surface area contributed by atoms with Crippen LogP contribution in [-0.4, -0.2) is 24.8 Å². The fraction of sp³-hybridized carbons (Fsp3) is 1.00. The van der Waals surface area contributed by atoms with Crippen LogP contribution >= 0.6 is 0 Å². The molecule has 1 rings (SSSR count). The van der Waals surface area contributed by atoms with Crippen molar-refractivity contribution in [2.45, 2.75) is 6.42 Å². The maximum atomic E-state index is 11.8. The van der Waals surface area contributed by atoms with Crippen LogP contribution in [-0.2, 0) is 0 Å². The third-order valence-electron chi connectivity index (χ3n) is 1.54. The second kappa shape index (κ2) is 2.42. The number of rotatable bonds is 1. The zero-order valence-corrected chi connectivity index (χ0v) is 4.81. The smallest absolute Gasteiger partial charge is 0.0935 e. The lowest BCUT2D eigenvalue weighted by Crippen LogP contribution is -2.28. The molecule has 1 fully saturated rings. The summed E-state index contributed by atoms with van der Waals surface area (Å²) in [7, 11) is 0. The first-order chi connectivity index (χ1) is 3.83. The normalized spacial score (nSPS) is 31.5. The zero-order valence-electron chi connectivity index (χ0n) is 4.81. The van der Waals surface area contributed by atoms with E-state index in [1.165, 1.54) is 0 Å². The predicted octanol–water partition coefficient (Wildman–Crippen LogP) is 0.151. The van der Waals surface area contributed by atoms with Gasteiger partial charge in [0, 0.05) is 19.0 Å². The van der Waals surface area contributed by atoms with E-state index in [0.717, 1.165) is 19.5 Å². The molecule has 1 saturated heterocycles. The highest BCUT2D eigenvalue weighted by molar-refractivity contribution is 4.70. The quantitative estimate of drug-likeness (QED) is 0.497. The standard InChI is InChI=1S/C5H11FN2/c6-3-5-1-2-8(7)4-5/h5H,1-4,7H2. The first kappa shape index (κ1) is 5.98. The summed E-state index contributed by atoms with van der Waals surface area (Å²) in [6.07, 6.45) is 0.924. The maximum Gasteiger partial charge on any atom is 0.0935 e. The molecule has 0 spiro atoms. The Morgan fingerprint density at radius 3 is 2.75 bits per heavy atom. The number of halogens is 1. The van der Waals surface area contributed by atoms with Gasteiger partial charge in [0.1, 0.15) is 0 Å². The summed E-state index contributed by atoms with van der Waals surface area (Å²) in [4.78, 5) is 0. The Bertz CT molecular complexity index is 76.8. The minimum Gasteiger partial charge on any atom is -0.269 e. The van der Waals surface area contributed by atoms with Crippen molar-refractivity contribution in [1.29, 1.82) is 0 Å². The average molecular weight is 118 g/mol. The highest BCUT2D eigenvalue weighted by Crippen LogP contribution is 2.12. The Kier molecular flexibility index (Phi) is 1.81. The van der Waals surface area contributed by atoms with Crippen molar-refractivity contribution < 1.29 is 4.39 Å². The van der Waals surface area contributed by atoms with Gasteiger partial charge in [-0.3, -0.25) is 10.2 Å². The number of nitrogens with zero attached hydrogens (tertiary/aromatic N) is 1. The van der Waals surface area contributed by atoms with E-state index < -0.39 is 0 Å². The van der Waals surface area contributed by atoms with Crippen molar-refractivity contribution in [3.05, 3.63) is 0 Å². The summed E-state index contributed by atoms with van der Waals surface area (Å²) >= 11 is 0. The molecule has 0 aromatic carbocycles. The number of nitrogens with two attached hydrogens (primary N) is 1. The molecule has 0 aliphatic carbocycles. The van der Waals surface area contributed by atoms with Crippen LogP contribution in [0.15, 0.2) is 0 Å². The molecule has 3 heteroatoms. The molecule has 8 heavy (non-hydrogen) atoms. The van der Waals surface area contributed by atoms with E-state index in [1.807, 2.05) is 0 Å². The van der Waals surface area contributed by atoms with Crippen LogP contribution in [0.1, 0.15) is 6.42 Å². The Hall–Kier alpha value is -0.150. The topological polar surface area (TPSA) is 29.3 Å². The van der Waals surface area contributed by atoms with E-state index >= 15 is 0 Å². The third-order valence-corrected chi connectivity index (χ3v) is 1.54. The summed E-state index contributed by atoms with van der Waals surface area (Å²) in [6, 6.07) is 0. The molecule has 0 saturated carbocycles. The SMILES string of the molecule is NN1CCC(CF)C1. The van der Waals surface area contributed by atoms with Gasteiger partial charge in [-0.2, -0.15) is 0 Å². The van der Waals surface area contributed by atoms with Gasteiger partial charge in [-0.25, -0.2) is 5.01 Å². The van der Waals surface area contributed by atoms with Crippen molar-refractivity contribution >= 4 is 0 Å². The van der Waals surface area contributed by atoms with Gasteiger partial charge >= 0.3 is 0 Å². The van der Waals surface area contributed by atoms with Crippen molar-refractivity contribution in [1.82, 2.24) is 5.01 Å². The van der Waals surface area contributed by atoms with Gasteiger partial charge in [0.05, 0.1) is 6.67 Å². The third kappa shape index (κ3) is 1.17. The number of hydrogen-bond donors (Lipinski definition) is 1. The van der Waals surface area contributed by atoms with Gasteiger partial charge in [0.25, 0.3) is 0 Å². The minimum absolute atomic E-state index is 0.208. The lowest BCUT2D eigenvalue weighted by Gasteiger charge is -2.04. The summed E-state index contributed by atoms with van der Waals surface area (Å²) in [5, 5.41) is 1.67. The monoisotopic (exact) mass is 118 g/mol. The molecule has 1 atom stereocenters. The lowest BCUT2D eigenvalue weighted by molar-refractivity contribution is 0.311. The fourth-order valence-electron chi connectivity index (χ4n) is 0.989. The van der Waals surface area contributed by atoms with Crippen LogP contribution in [0.5, 0.6) is 0 Å². The van der Waals surface area contributed by atoms with E-state index in [0.29, 0.717) is 0 Å². The molecule has 2 N–H and O–H groups in total. The number of alkyl halides is 1. The van der Waals surface area contributed by atoms with Gasteiger partial charge in [-0.15, -0.1) is 0 Å². The van der Waals surface area contributed by atoms with Crippen LogP contribution in [0.4, 0.5) is 4.39 Å². The zero-order chi connectivity index (χ0) is 5.98.